The first-order valence-electron chi connectivity index (χ1n) is 9.80. The van der Waals surface area contributed by atoms with E-state index in [9.17, 15) is 4.79 Å². The van der Waals surface area contributed by atoms with Crippen molar-refractivity contribution >= 4 is 11.5 Å². The second-order valence-electron chi connectivity index (χ2n) is 7.02. The summed E-state index contributed by atoms with van der Waals surface area (Å²) < 4.78 is 16.4. The van der Waals surface area contributed by atoms with Crippen molar-refractivity contribution in [2.24, 2.45) is 0 Å². The third-order valence-corrected chi connectivity index (χ3v) is 5.30. The van der Waals surface area contributed by atoms with E-state index in [2.05, 4.69) is 24.0 Å². The summed E-state index contributed by atoms with van der Waals surface area (Å²) in [7, 11) is 0. The van der Waals surface area contributed by atoms with Crippen molar-refractivity contribution < 1.29 is 19.0 Å². The Morgan fingerprint density at radius 3 is 2.75 bits per heavy atom. The quantitative estimate of drug-likeness (QED) is 0.717. The van der Waals surface area contributed by atoms with Crippen molar-refractivity contribution in [1.82, 2.24) is 4.90 Å². The lowest BCUT2D eigenvalue weighted by atomic mass is 9.93. The molecule has 0 saturated carbocycles. The topological polar surface area (TPSA) is 48.0 Å². The molecule has 0 amide bonds. The molecule has 0 aliphatic carbocycles. The molecule has 146 valence electrons. The van der Waals surface area contributed by atoms with Crippen molar-refractivity contribution in [2.75, 3.05) is 33.0 Å². The minimum Gasteiger partial charge on any atom is -0.462 e. The molecule has 5 nitrogen and oxygen atoms in total. The van der Waals surface area contributed by atoms with E-state index in [0.717, 1.165) is 53.3 Å². The van der Waals surface area contributed by atoms with Crippen LogP contribution in [-0.2, 0) is 16.0 Å². The molecule has 28 heavy (non-hydrogen) atoms. The largest absolute Gasteiger partial charge is 0.462 e. The first-order chi connectivity index (χ1) is 13.7. The van der Waals surface area contributed by atoms with Gasteiger partial charge in [-0.3, -0.25) is 4.90 Å². The summed E-state index contributed by atoms with van der Waals surface area (Å²) in [6, 6.07) is 16.0. The molecule has 0 spiro atoms. The molecule has 5 heteroatoms. The molecule has 0 bridgehead atoms. The van der Waals surface area contributed by atoms with Crippen molar-refractivity contribution in [3.63, 3.8) is 0 Å². The number of hydrogen-bond donors (Lipinski definition) is 0. The highest BCUT2D eigenvalue weighted by Gasteiger charge is 2.25. The van der Waals surface area contributed by atoms with Crippen molar-refractivity contribution in [2.45, 2.75) is 19.8 Å². The van der Waals surface area contributed by atoms with Crippen LogP contribution in [0.25, 0.3) is 5.57 Å². The van der Waals surface area contributed by atoms with E-state index in [1.54, 1.807) is 0 Å². The van der Waals surface area contributed by atoms with Gasteiger partial charge in [-0.05, 0) is 41.8 Å². The van der Waals surface area contributed by atoms with Gasteiger partial charge in [0.25, 0.3) is 0 Å². The third-order valence-electron chi connectivity index (χ3n) is 5.30. The molecule has 0 saturated heterocycles. The van der Waals surface area contributed by atoms with Crippen LogP contribution in [0.5, 0.6) is 11.5 Å². The van der Waals surface area contributed by atoms with E-state index in [0.29, 0.717) is 19.6 Å². The van der Waals surface area contributed by atoms with Gasteiger partial charge in [-0.25, -0.2) is 4.79 Å². The average molecular weight is 379 g/mol. The molecule has 0 unspecified atom stereocenters. The van der Waals surface area contributed by atoms with Crippen molar-refractivity contribution in [3.05, 3.63) is 65.2 Å². The molecule has 2 heterocycles. The normalized spacial score (nSPS) is 16.3. The lowest BCUT2D eigenvalue weighted by Gasteiger charge is -2.29. The van der Waals surface area contributed by atoms with Gasteiger partial charge in [-0.2, -0.15) is 0 Å². The summed E-state index contributed by atoms with van der Waals surface area (Å²) in [6.45, 7) is 5.26. The van der Waals surface area contributed by atoms with E-state index < -0.39 is 0 Å². The molecular weight excluding hydrogens is 354 g/mol. The van der Waals surface area contributed by atoms with Gasteiger partial charge >= 0.3 is 5.97 Å². The number of nitrogens with zero attached hydrogens (tertiary/aromatic N) is 1. The molecule has 2 aliphatic rings. The molecule has 0 aromatic heterocycles. The Morgan fingerprint density at radius 2 is 1.93 bits per heavy atom. The molecule has 2 aliphatic heterocycles. The van der Waals surface area contributed by atoms with E-state index >= 15 is 0 Å². The Balaban J connectivity index is 1.44. The highest BCUT2D eigenvalue weighted by molar-refractivity contribution is 5.98. The predicted molar refractivity (Wildman–Crippen MR) is 107 cm³/mol. The summed E-state index contributed by atoms with van der Waals surface area (Å²) in [5, 5.41) is 0. The number of likely N-dealkylation sites (N-methyl/N-ethyl adjacent to an activating group) is 1. The van der Waals surface area contributed by atoms with Crippen LogP contribution in [0.3, 0.4) is 0 Å². The van der Waals surface area contributed by atoms with Gasteiger partial charge in [0.2, 0.25) is 6.79 Å². The monoisotopic (exact) mass is 379 g/mol. The zero-order valence-corrected chi connectivity index (χ0v) is 16.1. The zero-order valence-electron chi connectivity index (χ0n) is 16.1. The minimum atomic E-state index is -0.210. The van der Waals surface area contributed by atoms with Crippen LogP contribution in [0.4, 0.5) is 0 Å². The number of esters is 1. The maximum Gasteiger partial charge on any atom is 0.335 e. The molecule has 0 atom stereocenters. The van der Waals surface area contributed by atoms with Crippen LogP contribution in [0.2, 0.25) is 0 Å². The smallest absolute Gasteiger partial charge is 0.335 e. The summed E-state index contributed by atoms with van der Waals surface area (Å²) in [4.78, 5) is 15.1. The zero-order chi connectivity index (χ0) is 19.3. The van der Waals surface area contributed by atoms with E-state index in [1.807, 2.05) is 36.4 Å². The van der Waals surface area contributed by atoms with E-state index in [1.165, 1.54) is 0 Å². The van der Waals surface area contributed by atoms with Crippen LogP contribution < -0.4 is 9.47 Å². The Labute approximate surface area is 165 Å². The van der Waals surface area contributed by atoms with Gasteiger partial charge in [0.1, 0.15) is 0 Å². The summed E-state index contributed by atoms with van der Waals surface area (Å²) in [5.41, 5.74) is 4.07. The van der Waals surface area contributed by atoms with Gasteiger partial charge in [0.05, 0.1) is 12.2 Å². The second kappa shape index (κ2) is 8.48. The maximum atomic E-state index is 12.9. The number of carbonyl (C=O) groups excluding carboxylic acids is 1. The Morgan fingerprint density at radius 1 is 1.11 bits per heavy atom. The Kier molecular flexibility index (Phi) is 5.63. The number of carbonyl (C=O) groups is 1. The molecule has 4 rings (SSSR count). The molecule has 0 fully saturated rings. The van der Waals surface area contributed by atoms with Gasteiger partial charge < -0.3 is 14.2 Å². The third kappa shape index (κ3) is 4.04. The SMILES string of the molecule is CCN1CCC(c2ccccc2)=C(C(=O)OCCc2ccc3c(c2)OCO3)C1. The maximum absolute atomic E-state index is 12.9. The molecule has 2 aromatic rings. The lowest BCUT2D eigenvalue weighted by molar-refractivity contribution is -0.139. The lowest BCUT2D eigenvalue weighted by Crippen LogP contribution is -2.34. The van der Waals surface area contributed by atoms with Gasteiger partial charge in [-0.1, -0.05) is 43.3 Å². The predicted octanol–water partition coefficient (Wildman–Crippen LogP) is 3.68. The summed E-state index contributed by atoms with van der Waals surface area (Å²) in [5.74, 6) is 1.31. The van der Waals surface area contributed by atoms with Crippen LogP contribution in [0, 0.1) is 0 Å². The second-order valence-corrected chi connectivity index (χ2v) is 7.02. The Hall–Kier alpha value is -2.79. The first kappa shape index (κ1) is 18.6. The van der Waals surface area contributed by atoms with Crippen LogP contribution in [-0.4, -0.2) is 43.9 Å². The van der Waals surface area contributed by atoms with Gasteiger partial charge in [0, 0.05) is 19.5 Å². The average Bonchev–Trinajstić information content (AvgIpc) is 3.22. The molecule has 0 radical (unpaired) electrons. The number of rotatable bonds is 6. The van der Waals surface area contributed by atoms with Crippen LogP contribution in [0.15, 0.2) is 54.1 Å². The number of ether oxygens (including phenoxy) is 3. The number of benzene rings is 2. The minimum absolute atomic E-state index is 0.210. The van der Waals surface area contributed by atoms with Gasteiger partial charge in [-0.15, -0.1) is 0 Å². The van der Waals surface area contributed by atoms with E-state index in [-0.39, 0.29) is 12.8 Å². The van der Waals surface area contributed by atoms with Crippen LogP contribution >= 0.6 is 0 Å². The standard InChI is InChI=1S/C23H25NO4/c1-2-24-12-10-19(18-6-4-3-5-7-18)20(15-24)23(25)26-13-11-17-8-9-21-22(14-17)28-16-27-21/h3-9,14H,2,10-13,15-16H2,1H3. The van der Waals surface area contributed by atoms with Crippen molar-refractivity contribution in [3.8, 4) is 11.5 Å². The fourth-order valence-corrected chi connectivity index (χ4v) is 3.68. The highest BCUT2D eigenvalue weighted by Crippen LogP contribution is 2.32. The van der Waals surface area contributed by atoms with Gasteiger partial charge in [0.15, 0.2) is 11.5 Å². The van der Waals surface area contributed by atoms with Crippen LogP contribution in [0.1, 0.15) is 24.5 Å². The summed E-state index contributed by atoms with van der Waals surface area (Å²) >= 11 is 0. The fraction of sp³-hybridized carbons (Fsp3) is 0.348. The van der Waals surface area contributed by atoms with E-state index in [4.69, 9.17) is 14.2 Å². The molecule has 0 N–H and O–H groups in total. The number of fused-ring (bicyclic) bond motifs is 1. The molecular formula is C23H25NO4. The van der Waals surface area contributed by atoms with Crippen molar-refractivity contribution in [1.29, 1.82) is 0 Å². The first-order valence-corrected chi connectivity index (χ1v) is 9.80. The number of hydrogen-bond acceptors (Lipinski definition) is 5. The fourth-order valence-electron chi connectivity index (χ4n) is 3.68. The molecule has 2 aromatic carbocycles. The Bertz CT molecular complexity index is 875. The summed E-state index contributed by atoms with van der Waals surface area (Å²) in [6.07, 6.45) is 1.51. The highest BCUT2D eigenvalue weighted by atomic mass is 16.7.